The average Bonchev–Trinajstić information content (AvgIpc) is 2.91. The quantitative estimate of drug-likeness (QED) is 0.935. The first-order valence-electron chi connectivity index (χ1n) is 8.28. The van der Waals surface area contributed by atoms with Crippen molar-refractivity contribution in [2.75, 3.05) is 30.4 Å². The van der Waals surface area contributed by atoms with Crippen molar-refractivity contribution >= 4 is 17.4 Å². The number of methoxy groups -OCH3 is 1. The van der Waals surface area contributed by atoms with E-state index in [0.717, 1.165) is 18.9 Å². The Balaban J connectivity index is 1.66. The standard InChI is InChI=1S/C18H22N4O2/c1-24-15-8-6-7-14(11-15)21-18(23)16-12-20-17(13-19-16)22-9-4-2-3-5-10-22/h6-8,11-13H,2-5,9-10H2,1H3,(H,21,23). The van der Waals surface area contributed by atoms with Crippen molar-refractivity contribution in [2.45, 2.75) is 25.7 Å². The van der Waals surface area contributed by atoms with E-state index in [1.54, 1.807) is 25.4 Å². The van der Waals surface area contributed by atoms with Crippen LogP contribution in [-0.4, -0.2) is 36.1 Å². The molecule has 1 aromatic heterocycles. The summed E-state index contributed by atoms with van der Waals surface area (Å²) in [6.45, 7) is 2.01. The molecule has 0 radical (unpaired) electrons. The number of rotatable bonds is 4. The van der Waals surface area contributed by atoms with Crippen LogP contribution in [0.15, 0.2) is 36.7 Å². The molecule has 1 N–H and O–H groups in total. The number of anilines is 2. The Hall–Kier alpha value is -2.63. The van der Waals surface area contributed by atoms with Gasteiger partial charge in [0.05, 0.1) is 19.5 Å². The minimum absolute atomic E-state index is 0.279. The number of carbonyl (C=O) groups is 1. The zero-order chi connectivity index (χ0) is 16.8. The van der Waals surface area contributed by atoms with E-state index >= 15 is 0 Å². The van der Waals surface area contributed by atoms with Crippen LogP contribution in [0.2, 0.25) is 0 Å². The lowest BCUT2D eigenvalue weighted by Crippen LogP contribution is -2.25. The third-order valence-electron chi connectivity index (χ3n) is 4.13. The zero-order valence-corrected chi connectivity index (χ0v) is 13.9. The monoisotopic (exact) mass is 326 g/mol. The number of benzene rings is 1. The molecule has 6 heteroatoms. The van der Waals surface area contributed by atoms with E-state index in [9.17, 15) is 4.79 Å². The molecule has 1 aliphatic rings. The third kappa shape index (κ3) is 4.01. The van der Waals surface area contributed by atoms with E-state index in [-0.39, 0.29) is 5.91 Å². The molecule has 1 saturated heterocycles. The predicted molar refractivity (Wildman–Crippen MR) is 93.7 cm³/mol. The van der Waals surface area contributed by atoms with Crippen molar-refractivity contribution < 1.29 is 9.53 Å². The molecule has 1 aromatic carbocycles. The summed E-state index contributed by atoms with van der Waals surface area (Å²) in [4.78, 5) is 23.2. The molecule has 24 heavy (non-hydrogen) atoms. The van der Waals surface area contributed by atoms with Gasteiger partial charge in [-0.1, -0.05) is 18.9 Å². The molecule has 0 bridgehead atoms. The largest absolute Gasteiger partial charge is 0.497 e. The summed E-state index contributed by atoms with van der Waals surface area (Å²) in [5.41, 5.74) is 0.967. The van der Waals surface area contributed by atoms with Gasteiger partial charge in [0, 0.05) is 24.8 Å². The molecule has 0 atom stereocenters. The number of ether oxygens (including phenoxy) is 1. The number of aromatic nitrogens is 2. The first-order valence-corrected chi connectivity index (χ1v) is 8.28. The molecule has 3 rings (SSSR count). The first kappa shape index (κ1) is 16.2. The summed E-state index contributed by atoms with van der Waals surface area (Å²) in [5, 5.41) is 2.81. The molecule has 0 spiro atoms. The second kappa shape index (κ2) is 7.77. The van der Waals surface area contributed by atoms with E-state index in [0.29, 0.717) is 17.1 Å². The van der Waals surface area contributed by atoms with Crippen LogP contribution in [0.3, 0.4) is 0 Å². The summed E-state index contributed by atoms with van der Waals surface area (Å²) >= 11 is 0. The van der Waals surface area contributed by atoms with Gasteiger partial charge in [-0.3, -0.25) is 4.79 Å². The Labute approximate surface area is 141 Å². The maximum atomic E-state index is 12.3. The fourth-order valence-corrected chi connectivity index (χ4v) is 2.80. The SMILES string of the molecule is COc1cccc(NC(=O)c2cnc(N3CCCCCC3)cn2)c1. The van der Waals surface area contributed by atoms with Crippen LogP contribution in [0.25, 0.3) is 0 Å². The average molecular weight is 326 g/mol. The third-order valence-corrected chi connectivity index (χ3v) is 4.13. The first-order chi connectivity index (χ1) is 11.8. The van der Waals surface area contributed by atoms with Gasteiger partial charge >= 0.3 is 0 Å². The minimum atomic E-state index is -0.279. The summed E-state index contributed by atoms with van der Waals surface area (Å²) in [5.74, 6) is 1.25. The summed E-state index contributed by atoms with van der Waals surface area (Å²) < 4.78 is 5.15. The molecular weight excluding hydrogens is 304 g/mol. The fourth-order valence-electron chi connectivity index (χ4n) is 2.80. The Morgan fingerprint density at radius 1 is 1.12 bits per heavy atom. The van der Waals surface area contributed by atoms with Gasteiger partial charge in [0.1, 0.15) is 17.3 Å². The topological polar surface area (TPSA) is 67.3 Å². The molecule has 126 valence electrons. The highest BCUT2D eigenvalue weighted by Crippen LogP contribution is 2.18. The second-order valence-corrected chi connectivity index (χ2v) is 5.85. The van der Waals surface area contributed by atoms with Crippen molar-refractivity contribution in [3.8, 4) is 5.75 Å². The van der Waals surface area contributed by atoms with E-state index in [1.807, 2.05) is 12.1 Å². The number of hydrogen-bond donors (Lipinski definition) is 1. The van der Waals surface area contributed by atoms with E-state index in [2.05, 4.69) is 20.2 Å². The molecule has 0 saturated carbocycles. The second-order valence-electron chi connectivity index (χ2n) is 5.85. The fraction of sp³-hybridized carbons (Fsp3) is 0.389. The van der Waals surface area contributed by atoms with E-state index < -0.39 is 0 Å². The van der Waals surface area contributed by atoms with Gasteiger partial charge in [0.25, 0.3) is 5.91 Å². The van der Waals surface area contributed by atoms with Gasteiger partial charge in [-0.15, -0.1) is 0 Å². The van der Waals surface area contributed by atoms with Gasteiger partial charge in [0.2, 0.25) is 0 Å². The molecule has 6 nitrogen and oxygen atoms in total. The molecule has 1 aliphatic heterocycles. The molecule has 1 amide bonds. The van der Waals surface area contributed by atoms with Crippen molar-refractivity contribution in [1.29, 1.82) is 0 Å². The highest BCUT2D eigenvalue weighted by atomic mass is 16.5. The van der Waals surface area contributed by atoms with Gasteiger partial charge in [0.15, 0.2) is 0 Å². The van der Waals surface area contributed by atoms with Crippen LogP contribution in [0.1, 0.15) is 36.2 Å². The van der Waals surface area contributed by atoms with Crippen molar-refractivity contribution in [2.24, 2.45) is 0 Å². The van der Waals surface area contributed by atoms with Crippen LogP contribution >= 0.6 is 0 Å². The zero-order valence-electron chi connectivity index (χ0n) is 13.9. The highest BCUT2D eigenvalue weighted by Gasteiger charge is 2.13. The number of nitrogens with zero attached hydrogens (tertiary/aromatic N) is 3. The van der Waals surface area contributed by atoms with Gasteiger partial charge < -0.3 is 15.0 Å². The lowest BCUT2D eigenvalue weighted by atomic mass is 10.2. The van der Waals surface area contributed by atoms with Crippen molar-refractivity contribution in [3.05, 3.63) is 42.4 Å². The molecule has 1 fully saturated rings. The van der Waals surface area contributed by atoms with Gasteiger partial charge in [-0.25, -0.2) is 9.97 Å². The minimum Gasteiger partial charge on any atom is -0.497 e. The van der Waals surface area contributed by atoms with Crippen LogP contribution in [0.4, 0.5) is 11.5 Å². The smallest absolute Gasteiger partial charge is 0.275 e. The Morgan fingerprint density at radius 2 is 1.92 bits per heavy atom. The van der Waals surface area contributed by atoms with E-state index in [1.165, 1.54) is 31.9 Å². The molecular formula is C18H22N4O2. The highest BCUT2D eigenvalue weighted by molar-refractivity contribution is 6.02. The summed E-state index contributed by atoms with van der Waals surface area (Å²) in [7, 11) is 1.59. The lowest BCUT2D eigenvalue weighted by molar-refractivity contribution is 0.102. The van der Waals surface area contributed by atoms with Crippen LogP contribution < -0.4 is 15.0 Å². The number of carbonyl (C=O) groups excluding carboxylic acids is 1. The Bertz CT molecular complexity index is 680. The van der Waals surface area contributed by atoms with Crippen LogP contribution in [0.5, 0.6) is 5.75 Å². The summed E-state index contributed by atoms with van der Waals surface area (Å²) in [6.07, 6.45) is 8.12. The normalized spacial score (nSPS) is 14.8. The Kier molecular flexibility index (Phi) is 5.25. The molecule has 2 aromatic rings. The molecule has 0 unspecified atom stereocenters. The number of nitrogens with one attached hydrogen (secondary N) is 1. The van der Waals surface area contributed by atoms with Crippen molar-refractivity contribution in [1.82, 2.24) is 9.97 Å². The molecule has 0 aliphatic carbocycles. The lowest BCUT2D eigenvalue weighted by Gasteiger charge is -2.20. The molecule has 2 heterocycles. The number of hydrogen-bond acceptors (Lipinski definition) is 5. The van der Waals surface area contributed by atoms with Gasteiger partial charge in [-0.05, 0) is 25.0 Å². The van der Waals surface area contributed by atoms with Gasteiger partial charge in [-0.2, -0.15) is 0 Å². The van der Waals surface area contributed by atoms with Crippen molar-refractivity contribution in [3.63, 3.8) is 0 Å². The van der Waals surface area contributed by atoms with Crippen LogP contribution in [-0.2, 0) is 0 Å². The maximum Gasteiger partial charge on any atom is 0.275 e. The van der Waals surface area contributed by atoms with Crippen LogP contribution in [0, 0.1) is 0 Å². The van der Waals surface area contributed by atoms with E-state index in [4.69, 9.17) is 4.74 Å². The summed E-state index contributed by atoms with van der Waals surface area (Å²) in [6, 6.07) is 7.21. The number of amides is 1. The maximum absolute atomic E-state index is 12.3. The Morgan fingerprint density at radius 3 is 2.58 bits per heavy atom. The predicted octanol–water partition coefficient (Wildman–Crippen LogP) is 3.12.